The fourth-order valence-corrected chi connectivity index (χ4v) is 11.9. The van der Waals surface area contributed by atoms with Crippen LogP contribution in [-0.2, 0) is 22.7 Å². The highest BCUT2D eigenvalue weighted by Crippen LogP contribution is 2.38. The van der Waals surface area contributed by atoms with Gasteiger partial charge in [-0.15, -0.1) is 0 Å². The molecule has 11 rings (SSSR count). The smallest absolute Gasteiger partial charge is 0.315 e. The number of nitrogens with zero attached hydrogens (tertiary/aromatic N) is 12. The van der Waals surface area contributed by atoms with Crippen molar-refractivity contribution in [3.63, 3.8) is 0 Å². The van der Waals surface area contributed by atoms with Crippen molar-refractivity contribution in [2.24, 2.45) is 0 Å². The van der Waals surface area contributed by atoms with E-state index < -0.39 is 61.5 Å². The first-order valence-corrected chi connectivity index (χ1v) is 27.6. The van der Waals surface area contributed by atoms with Gasteiger partial charge in [0.2, 0.25) is 23.7 Å². The number of hydrogen-bond acceptors (Lipinski definition) is 21. The van der Waals surface area contributed by atoms with Crippen molar-refractivity contribution < 1.29 is 44.7 Å². The molecule has 8 heterocycles. The molecule has 9 atom stereocenters. The summed E-state index contributed by atoms with van der Waals surface area (Å²) in [6.07, 6.45) is 7.98. The van der Waals surface area contributed by atoms with E-state index in [1.165, 1.54) is 0 Å². The molecule has 0 radical (unpaired) electrons. The summed E-state index contributed by atoms with van der Waals surface area (Å²) >= 11 is 0. The predicted octanol–water partition coefficient (Wildman–Crippen LogP) is -0.936. The number of urea groups is 2. The van der Waals surface area contributed by atoms with Crippen LogP contribution in [0.25, 0.3) is 22.3 Å². The van der Waals surface area contributed by atoms with Gasteiger partial charge in [0.05, 0.1) is 61.4 Å². The van der Waals surface area contributed by atoms with Gasteiger partial charge in [0.15, 0.2) is 34.0 Å². The maximum atomic E-state index is 13.0. The number of fused-ring (bicyclic) bond motifs is 2. The molecule has 81 heavy (non-hydrogen) atoms. The lowest BCUT2D eigenvalue weighted by molar-refractivity contribution is -0.125. The Bertz CT molecular complexity index is 3180. The molecule has 5 aliphatic rings. The summed E-state index contributed by atoms with van der Waals surface area (Å²) < 4.78 is 3.53. The molecule has 13 N–H and O–H groups in total. The average molecular weight is 1120 g/mol. The molecule has 6 aromatic heterocycles. The van der Waals surface area contributed by atoms with Crippen LogP contribution in [0.1, 0.15) is 81.3 Å². The van der Waals surface area contributed by atoms with E-state index in [4.69, 9.17) is 29.9 Å². The van der Waals surface area contributed by atoms with Crippen molar-refractivity contribution in [1.29, 1.82) is 0 Å². The van der Waals surface area contributed by atoms with E-state index in [1.807, 2.05) is 50.8 Å². The molecule has 29 heteroatoms. The Kier molecular flexibility index (Phi) is 16.5. The number of nitrogens with one attached hydrogen (secondary N) is 8. The Morgan fingerprint density at radius 2 is 1.04 bits per heavy atom. The van der Waals surface area contributed by atoms with Gasteiger partial charge >= 0.3 is 12.1 Å². The minimum atomic E-state index is -1.32. The second-order valence-corrected chi connectivity index (χ2v) is 21.5. The van der Waals surface area contributed by atoms with Crippen LogP contribution in [0.2, 0.25) is 0 Å². The second-order valence-electron chi connectivity index (χ2n) is 21.5. The van der Waals surface area contributed by atoms with Crippen molar-refractivity contribution >= 4 is 69.7 Å². The minimum absolute atomic E-state index is 0.0463. The molecule has 0 spiro atoms. The topological polar surface area (TPSA) is 385 Å². The fourth-order valence-electron chi connectivity index (χ4n) is 11.9. The van der Waals surface area contributed by atoms with Gasteiger partial charge in [-0.25, -0.2) is 19.6 Å². The van der Waals surface area contributed by atoms with E-state index in [0.717, 1.165) is 11.4 Å². The fraction of sp³-hybridized carbons (Fsp3) is 0.538. The molecule has 2 aliphatic heterocycles. The van der Waals surface area contributed by atoms with Crippen LogP contribution in [0.15, 0.2) is 61.4 Å². The Hall–Kier alpha value is -8.12. The van der Waals surface area contributed by atoms with Crippen LogP contribution in [-0.4, -0.2) is 192 Å². The van der Waals surface area contributed by atoms with Gasteiger partial charge in [-0.05, 0) is 82.1 Å². The van der Waals surface area contributed by atoms with E-state index in [1.54, 1.807) is 29.6 Å². The summed E-state index contributed by atoms with van der Waals surface area (Å²) in [6, 6.07) is 7.43. The van der Waals surface area contributed by atoms with Crippen molar-refractivity contribution in [1.82, 2.24) is 80.9 Å². The predicted molar refractivity (Wildman–Crippen MR) is 292 cm³/mol. The average Bonchev–Trinajstić information content (AvgIpc) is 4.57. The van der Waals surface area contributed by atoms with E-state index in [2.05, 4.69) is 52.5 Å². The standard InChI is InChI=1S/C52H68N20O9/c73-24-39(76)59-34-17-36(38(75)18-34)71-26-57-41-45(65-49(67-47(41)71)69-15-11-32(22-69)62-51(80)55-20-30-5-1-3-13-53-30)60-28-7-9-29(10-8-28)61-46-42-48(72(27-58-42)37-19-35(43(78)44(37)79)64-40(77)25-74)68-50(66-46)70-16-12-33(23-70)63-52(81)56-21-31-6-2-4-14-54-31/h1-6,13-14,26-29,32-38,43-44,73-75,78-79H,7-12,15-25H2,(H,59,76)(H,64,77)(H2,55,62,80)(H2,56,63,81)(H,60,65,67)(H,61,66,68)/t28-,29-,32-,33-,34+,35+,36-,37-,38-,43-,44+/m1/s1. The Morgan fingerprint density at radius 1 is 0.531 bits per heavy atom. The summed E-state index contributed by atoms with van der Waals surface area (Å²) in [5.74, 6) is 0.590. The molecule has 29 nitrogen and oxygen atoms in total. The lowest BCUT2D eigenvalue weighted by Crippen LogP contribution is -2.44. The third kappa shape index (κ3) is 12.5. The summed E-state index contributed by atoms with van der Waals surface area (Å²) in [7, 11) is 0. The van der Waals surface area contributed by atoms with Gasteiger partial charge in [-0.2, -0.15) is 19.9 Å². The van der Waals surface area contributed by atoms with Crippen molar-refractivity contribution in [3.8, 4) is 0 Å². The number of carbonyl (C=O) groups is 4. The number of carbonyl (C=O) groups excluding carboxylic acids is 4. The zero-order chi connectivity index (χ0) is 56.1. The number of aromatic nitrogens is 10. The van der Waals surface area contributed by atoms with Gasteiger partial charge in [-0.1, -0.05) is 12.1 Å². The monoisotopic (exact) mass is 1120 g/mol. The van der Waals surface area contributed by atoms with Crippen molar-refractivity contribution in [2.75, 3.05) is 59.8 Å². The maximum absolute atomic E-state index is 13.0. The number of anilines is 4. The molecule has 3 saturated carbocycles. The largest absolute Gasteiger partial charge is 0.391 e. The zero-order valence-electron chi connectivity index (χ0n) is 44.4. The first-order valence-electron chi connectivity index (χ1n) is 27.6. The van der Waals surface area contributed by atoms with Crippen LogP contribution in [0.5, 0.6) is 0 Å². The molecule has 3 aliphatic carbocycles. The number of aliphatic hydroxyl groups is 5. The van der Waals surface area contributed by atoms with Gasteiger partial charge in [-0.3, -0.25) is 19.6 Å². The highest BCUT2D eigenvalue weighted by Gasteiger charge is 2.44. The van der Waals surface area contributed by atoms with Gasteiger partial charge in [0, 0.05) is 68.8 Å². The van der Waals surface area contributed by atoms with Crippen LogP contribution in [0.4, 0.5) is 33.1 Å². The third-order valence-electron chi connectivity index (χ3n) is 16.0. The molecule has 5 fully saturated rings. The highest BCUT2D eigenvalue weighted by molar-refractivity contribution is 5.86. The number of imidazole rings is 2. The minimum Gasteiger partial charge on any atom is -0.391 e. The number of aliphatic hydroxyl groups excluding tert-OH is 5. The van der Waals surface area contributed by atoms with Gasteiger partial charge in [0.25, 0.3) is 0 Å². The van der Waals surface area contributed by atoms with E-state index in [0.29, 0.717) is 117 Å². The SMILES string of the molecule is O=C(CO)N[C@@H]1C[C@@H](O)[C@H](n2cnc3c(N[C@H]4CC[C@H](Nc5nc(N6CC[C@@H](NC(=O)NCc7ccccn7)C6)nc6c5ncn6[C@@H]5C[C@H](NC(=O)CO)[C@@H](O)[C@H]5O)CC4)nc(N4CC[C@@H](NC(=O)NCc5ccccn5)C4)nc32)C1. The number of rotatable bonds is 18. The third-order valence-corrected chi connectivity index (χ3v) is 16.0. The number of amides is 6. The quantitative estimate of drug-likeness (QED) is 0.0494. The molecular weight excluding hydrogens is 1050 g/mol. The summed E-state index contributed by atoms with van der Waals surface area (Å²) in [6.45, 7) is 1.06. The first-order chi connectivity index (χ1) is 39.4. The maximum Gasteiger partial charge on any atom is 0.315 e. The number of pyridine rings is 2. The Labute approximate surface area is 464 Å². The summed E-state index contributed by atoms with van der Waals surface area (Å²) in [4.78, 5) is 92.5. The lowest BCUT2D eigenvalue weighted by Gasteiger charge is -2.31. The molecular formula is C52H68N20O9. The van der Waals surface area contributed by atoms with E-state index in [-0.39, 0.29) is 68.2 Å². The van der Waals surface area contributed by atoms with Crippen molar-refractivity contribution in [3.05, 3.63) is 72.8 Å². The molecule has 0 aromatic carbocycles. The van der Waals surface area contributed by atoms with Crippen LogP contribution in [0, 0.1) is 0 Å². The molecule has 0 bridgehead atoms. The number of hydrogen-bond donors (Lipinski definition) is 13. The van der Waals surface area contributed by atoms with Crippen LogP contribution < -0.4 is 52.3 Å². The molecule has 6 aromatic rings. The van der Waals surface area contributed by atoms with Gasteiger partial charge in [0.1, 0.15) is 25.4 Å². The molecule has 2 saturated heterocycles. The van der Waals surface area contributed by atoms with E-state index in [9.17, 15) is 44.7 Å². The van der Waals surface area contributed by atoms with E-state index >= 15 is 0 Å². The lowest BCUT2D eigenvalue weighted by atomic mass is 9.91. The molecule has 430 valence electrons. The second kappa shape index (κ2) is 24.3. The Morgan fingerprint density at radius 3 is 1.53 bits per heavy atom. The van der Waals surface area contributed by atoms with Gasteiger partial charge < -0.3 is 87.0 Å². The molecule has 0 unspecified atom stereocenters. The zero-order valence-corrected chi connectivity index (χ0v) is 44.4. The first kappa shape index (κ1) is 54.8. The molecule has 6 amide bonds. The summed E-state index contributed by atoms with van der Waals surface area (Å²) in [5.41, 5.74) is 3.31. The van der Waals surface area contributed by atoms with Crippen molar-refractivity contribution in [2.45, 2.75) is 138 Å². The highest BCUT2D eigenvalue weighted by atomic mass is 16.3. The summed E-state index contributed by atoms with van der Waals surface area (Å²) in [5, 5.41) is 77.1. The van der Waals surface area contributed by atoms with Crippen LogP contribution >= 0.6 is 0 Å². The Balaban J connectivity index is 0.804. The van der Waals surface area contributed by atoms with Crippen LogP contribution in [0.3, 0.4) is 0 Å². The normalized spacial score (nSPS) is 26.4.